The molecular weight excluding hydrogens is 480 g/mol. The zero-order valence-electron chi connectivity index (χ0n) is 22.1. The zero-order valence-corrected chi connectivity index (χ0v) is 22.1. The summed E-state index contributed by atoms with van der Waals surface area (Å²) in [4.78, 5) is 27.4. The van der Waals surface area contributed by atoms with Gasteiger partial charge in [-0.15, -0.1) is 0 Å². The molecule has 1 aliphatic heterocycles. The number of unbranched alkanes of at least 4 members (excludes halogenated alkanes) is 1. The Morgan fingerprint density at radius 3 is 2.87 bits per heavy atom. The first-order chi connectivity index (χ1) is 18.6. The number of nitrogens with zero attached hydrogens (tertiary/aromatic N) is 4. The van der Waals surface area contributed by atoms with Crippen molar-refractivity contribution in [2.24, 2.45) is 0 Å². The van der Waals surface area contributed by atoms with Crippen molar-refractivity contribution in [2.45, 2.75) is 51.5 Å². The molecule has 4 heterocycles. The number of fused-ring (bicyclic) bond motifs is 1. The highest BCUT2D eigenvalue weighted by atomic mass is 16.5. The highest BCUT2D eigenvalue weighted by Crippen LogP contribution is 2.20. The molecule has 9 nitrogen and oxygen atoms in total. The van der Waals surface area contributed by atoms with E-state index in [4.69, 9.17) is 9.72 Å². The third kappa shape index (κ3) is 8.69. The Kier molecular flexibility index (Phi) is 10.3. The van der Waals surface area contributed by atoms with Crippen molar-refractivity contribution in [3.63, 3.8) is 0 Å². The van der Waals surface area contributed by atoms with Crippen molar-refractivity contribution in [1.29, 1.82) is 0 Å². The van der Waals surface area contributed by atoms with Crippen LogP contribution in [-0.4, -0.2) is 69.8 Å². The van der Waals surface area contributed by atoms with Crippen LogP contribution < -0.4 is 15.4 Å². The van der Waals surface area contributed by atoms with E-state index < -0.39 is 12.0 Å². The van der Waals surface area contributed by atoms with Crippen LogP contribution in [0.15, 0.2) is 55.0 Å². The predicted octanol–water partition coefficient (Wildman–Crippen LogP) is 4.20. The van der Waals surface area contributed by atoms with Gasteiger partial charge < -0.3 is 20.5 Å². The Hall–Kier alpha value is -3.72. The number of pyridine rings is 3. The lowest BCUT2D eigenvalue weighted by atomic mass is 10.1. The molecule has 1 aliphatic rings. The Labute approximate surface area is 224 Å². The predicted molar refractivity (Wildman–Crippen MR) is 149 cm³/mol. The van der Waals surface area contributed by atoms with Crippen LogP contribution in [0.5, 0.6) is 5.75 Å². The van der Waals surface area contributed by atoms with Gasteiger partial charge in [0.1, 0.15) is 24.2 Å². The average molecular weight is 519 g/mol. The lowest BCUT2D eigenvalue weighted by molar-refractivity contribution is -0.138. The molecule has 202 valence electrons. The van der Waals surface area contributed by atoms with Crippen LogP contribution in [0.1, 0.15) is 42.6 Å². The fraction of sp³-hybridized carbons (Fsp3) is 0.448. The maximum atomic E-state index is 11.9. The molecule has 4 rings (SSSR count). The molecule has 0 aromatic carbocycles. The van der Waals surface area contributed by atoms with Gasteiger partial charge in [0.05, 0.1) is 11.9 Å². The second kappa shape index (κ2) is 14.3. The molecule has 0 aliphatic carbocycles. The standard InChI is InChI=1S/C29H38N6O3/c1-22-9-12-26(21-32-22)38-19-18-35(17-13-27(29(36)37)33-25-8-5-14-30-20-25)16-3-2-7-24-11-10-23-6-4-15-31-28(23)34-24/h5,8-12,14,20-21,27,33H,2-4,6-7,13,15-19H2,1H3,(H,31,34)(H,36,37). The second-order valence-corrected chi connectivity index (χ2v) is 9.69. The quantitative estimate of drug-likeness (QED) is 0.255. The van der Waals surface area contributed by atoms with E-state index in [0.717, 1.165) is 68.1 Å². The number of carboxylic acids is 1. The van der Waals surface area contributed by atoms with Gasteiger partial charge in [-0.25, -0.2) is 9.78 Å². The van der Waals surface area contributed by atoms with E-state index in [1.54, 1.807) is 24.7 Å². The van der Waals surface area contributed by atoms with Gasteiger partial charge in [0, 0.05) is 43.4 Å². The van der Waals surface area contributed by atoms with Crippen molar-refractivity contribution in [3.05, 3.63) is 71.9 Å². The molecule has 3 aromatic rings. The van der Waals surface area contributed by atoms with E-state index in [-0.39, 0.29) is 0 Å². The zero-order chi connectivity index (χ0) is 26.6. The Balaban J connectivity index is 1.29. The molecule has 3 aromatic heterocycles. The van der Waals surface area contributed by atoms with Crippen LogP contribution in [0.4, 0.5) is 11.5 Å². The maximum absolute atomic E-state index is 11.9. The SMILES string of the molecule is Cc1ccc(OCCN(CCCCc2ccc3c(n2)NCCC3)CCC(Nc2cccnc2)C(=O)O)cn1. The number of aryl methyl sites for hydroxylation is 3. The Morgan fingerprint density at radius 1 is 1.16 bits per heavy atom. The highest BCUT2D eigenvalue weighted by molar-refractivity contribution is 5.77. The fourth-order valence-electron chi connectivity index (χ4n) is 4.54. The van der Waals surface area contributed by atoms with Crippen LogP contribution in [-0.2, 0) is 17.6 Å². The number of rotatable bonds is 15. The highest BCUT2D eigenvalue weighted by Gasteiger charge is 2.19. The summed E-state index contributed by atoms with van der Waals surface area (Å²) in [6.07, 6.45) is 10.7. The molecule has 1 atom stereocenters. The van der Waals surface area contributed by atoms with Crippen molar-refractivity contribution in [1.82, 2.24) is 19.9 Å². The maximum Gasteiger partial charge on any atom is 0.326 e. The second-order valence-electron chi connectivity index (χ2n) is 9.69. The van der Waals surface area contributed by atoms with Crippen LogP contribution >= 0.6 is 0 Å². The first-order valence-electron chi connectivity index (χ1n) is 13.5. The van der Waals surface area contributed by atoms with Crippen molar-refractivity contribution >= 4 is 17.5 Å². The number of nitrogens with one attached hydrogen (secondary N) is 2. The van der Waals surface area contributed by atoms with E-state index in [1.165, 1.54) is 5.56 Å². The van der Waals surface area contributed by atoms with E-state index in [1.807, 2.05) is 25.1 Å². The van der Waals surface area contributed by atoms with Crippen molar-refractivity contribution in [2.75, 3.05) is 43.4 Å². The minimum absolute atomic E-state index is 0.467. The molecule has 0 spiro atoms. The molecule has 0 saturated carbocycles. The minimum Gasteiger partial charge on any atom is -0.491 e. The largest absolute Gasteiger partial charge is 0.491 e. The number of carboxylic acid groups (broad SMARTS) is 1. The van der Waals surface area contributed by atoms with Gasteiger partial charge in [0.25, 0.3) is 0 Å². The molecule has 0 bridgehead atoms. The monoisotopic (exact) mass is 518 g/mol. The topological polar surface area (TPSA) is 112 Å². The summed E-state index contributed by atoms with van der Waals surface area (Å²) in [6, 6.07) is 11.1. The van der Waals surface area contributed by atoms with Gasteiger partial charge in [-0.05, 0) is 87.9 Å². The van der Waals surface area contributed by atoms with E-state index in [2.05, 4.69) is 37.6 Å². The Morgan fingerprint density at radius 2 is 2.08 bits per heavy atom. The molecule has 38 heavy (non-hydrogen) atoms. The van der Waals surface area contributed by atoms with Crippen LogP contribution in [0.2, 0.25) is 0 Å². The summed E-state index contributed by atoms with van der Waals surface area (Å²) in [6.45, 7) is 5.65. The first-order valence-corrected chi connectivity index (χ1v) is 13.5. The number of carbonyl (C=O) groups is 1. The van der Waals surface area contributed by atoms with E-state index in [0.29, 0.717) is 31.8 Å². The molecule has 0 radical (unpaired) electrons. The normalized spacial score (nSPS) is 13.4. The van der Waals surface area contributed by atoms with Crippen LogP contribution in [0.3, 0.4) is 0 Å². The number of anilines is 2. The smallest absolute Gasteiger partial charge is 0.326 e. The van der Waals surface area contributed by atoms with Crippen LogP contribution in [0, 0.1) is 6.92 Å². The molecule has 1 unspecified atom stereocenters. The molecular formula is C29H38N6O3. The van der Waals surface area contributed by atoms with Gasteiger partial charge in [-0.1, -0.05) is 6.07 Å². The lowest BCUT2D eigenvalue weighted by Crippen LogP contribution is -2.37. The summed E-state index contributed by atoms with van der Waals surface area (Å²) in [5.74, 6) is 0.908. The van der Waals surface area contributed by atoms with E-state index >= 15 is 0 Å². The molecule has 0 saturated heterocycles. The lowest BCUT2D eigenvalue weighted by Gasteiger charge is -2.25. The van der Waals surface area contributed by atoms with Gasteiger partial charge in [0.15, 0.2) is 0 Å². The molecule has 0 fully saturated rings. The summed E-state index contributed by atoms with van der Waals surface area (Å²) in [5.41, 5.74) is 4.08. The van der Waals surface area contributed by atoms with Gasteiger partial charge in [0.2, 0.25) is 0 Å². The van der Waals surface area contributed by atoms with Gasteiger partial charge in [-0.2, -0.15) is 0 Å². The number of hydrogen-bond donors (Lipinski definition) is 3. The number of hydrogen-bond acceptors (Lipinski definition) is 8. The average Bonchev–Trinajstić information content (AvgIpc) is 2.94. The number of ether oxygens (including phenoxy) is 1. The summed E-state index contributed by atoms with van der Waals surface area (Å²) >= 11 is 0. The molecule has 0 amide bonds. The van der Waals surface area contributed by atoms with Crippen LogP contribution in [0.25, 0.3) is 0 Å². The Bertz CT molecular complexity index is 1140. The summed E-state index contributed by atoms with van der Waals surface area (Å²) < 4.78 is 5.91. The third-order valence-corrected chi connectivity index (χ3v) is 6.70. The summed E-state index contributed by atoms with van der Waals surface area (Å²) in [5, 5.41) is 16.3. The third-order valence-electron chi connectivity index (χ3n) is 6.70. The first kappa shape index (κ1) is 27.3. The van der Waals surface area contributed by atoms with Gasteiger partial charge >= 0.3 is 5.97 Å². The minimum atomic E-state index is -0.872. The number of aromatic nitrogens is 3. The van der Waals surface area contributed by atoms with Gasteiger partial charge in [-0.3, -0.25) is 14.9 Å². The molecule has 9 heteroatoms. The van der Waals surface area contributed by atoms with Crippen molar-refractivity contribution in [3.8, 4) is 5.75 Å². The summed E-state index contributed by atoms with van der Waals surface area (Å²) in [7, 11) is 0. The number of aliphatic carboxylic acids is 1. The van der Waals surface area contributed by atoms with E-state index in [9.17, 15) is 9.90 Å². The molecule has 3 N–H and O–H groups in total. The fourth-order valence-corrected chi connectivity index (χ4v) is 4.54. The van der Waals surface area contributed by atoms with Crippen molar-refractivity contribution < 1.29 is 14.6 Å².